The number of hydrogen-bond donors (Lipinski definition) is 0. The van der Waals surface area contributed by atoms with E-state index in [9.17, 15) is 0 Å². The lowest BCUT2D eigenvalue weighted by molar-refractivity contribution is -0.231. The van der Waals surface area contributed by atoms with E-state index in [0.29, 0.717) is 5.41 Å². The Bertz CT molecular complexity index is 2450. The van der Waals surface area contributed by atoms with E-state index in [1.54, 1.807) is 11.1 Å². The number of nitrogens with zero attached hydrogens (tertiary/aromatic N) is 1. The Balaban J connectivity index is 1.12. The Morgan fingerprint density at radius 2 is 1.07 bits per heavy atom. The van der Waals surface area contributed by atoms with Crippen molar-refractivity contribution in [1.29, 1.82) is 0 Å². The van der Waals surface area contributed by atoms with Gasteiger partial charge in [0.15, 0.2) is 0 Å². The maximum Gasteiger partial charge on any atom is 0.0543 e. The summed E-state index contributed by atoms with van der Waals surface area (Å²) in [6.07, 6.45) is 10.7. The van der Waals surface area contributed by atoms with Crippen molar-refractivity contribution in [3.63, 3.8) is 0 Å². The van der Waals surface area contributed by atoms with Gasteiger partial charge in [-0.2, -0.15) is 0 Å². The van der Waals surface area contributed by atoms with Gasteiger partial charge in [-0.3, -0.25) is 0 Å². The van der Waals surface area contributed by atoms with Crippen molar-refractivity contribution in [2.45, 2.75) is 134 Å². The van der Waals surface area contributed by atoms with Gasteiger partial charge < -0.3 is 4.90 Å². The molecule has 0 aromatic heterocycles. The maximum atomic E-state index is 2.71. The van der Waals surface area contributed by atoms with Gasteiger partial charge in [0.25, 0.3) is 0 Å². The second kappa shape index (κ2) is 10.9. The maximum absolute atomic E-state index is 2.71. The Kier molecular flexibility index (Phi) is 6.69. The molecule has 5 aromatic carbocycles. The summed E-state index contributed by atoms with van der Waals surface area (Å²) in [5.74, 6) is 3.43. The largest absolute Gasteiger partial charge is 0.310 e. The molecule has 12 rings (SSSR count). The topological polar surface area (TPSA) is 3.24 Å². The highest BCUT2D eigenvalue weighted by atomic mass is 15.1. The van der Waals surface area contributed by atoms with Gasteiger partial charge in [-0.1, -0.05) is 122 Å². The average molecular weight is 748 g/mol. The van der Waals surface area contributed by atoms with Crippen molar-refractivity contribution < 1.29 is 0 Å². The predicted molar refractivity (Wildman–Crippen MR) is 238 cm³/mol. The van der Waals surface area contributed by atoms with Gasteiger partial charge in [-0.05, 0) is 189 Å². The molecule has 7 aliphatic rings. The third kappa shape index (κ3) is 4.27. The minimum Gasteiger partial charge on any atom is -0.310 e. The molecule has 0 radical (unpaired) electrons. The molecule has 57 heavy (non-hydrogen) atoms. The van der Waals surface area contributed by atoms with Gasteiger partial charge in [0, 0.05) is 22.4 Å². The molecule has 1 heteroatoms. The van der Waals surface area contributed by atoms with Crippen LogP contribution >= 0.6 is 0 Å². The molecule has 290 valence electrons. The molecule has 2 spiro atoms. The van der Waals surface area contributed by atoms with Crippen LogP contribution in [0.15, 0.2) is 103 Å². The fourth-order valence-corrected chi connectivity index (χ4v) is 15.2. The lowest BCUT2D eigenvalue weighted by atomic mass is 9.27. The van der Waals surface area contributed by atoms with Crippen LogP contribution in [0, 0.1) is 29.1 Å². The molecule has 4 saturated carbocycles. The highest BCUT2D eigenvalue weighted by molar-refractivity contribution is 5.97. The fraction of sp³-hybridized carbons (Fsp3) is 0.464. The van der Waals surface area contributed by atoms with Gasteiger partial charge in [0.05, 0.1) is 5.69 Å². The molecule has 5 aromatic rings. The first-order valence-corrected chi connectivity index (χ1v) is 22.6. The third-order valence-electron chi connectivity index (χ3n) is 18.3. The van der Waals surface area contributed by atoms with E-state index in [1.165, 1.54) is 113 Å². The van der Waals surface area contributed by atoms with Crippen LogP contribution in [0.3, 0.4) is 0 Å². The minimum absolute atomic E-state index is 0.118. The minimum atomic E-state index is 0.118. The summed E-state index contributed by atoms with van der Waals surface area (Å²) >= 11 is 0. The van der Waals surface area contributed by atoms with Crippen LogP contribution in [0.5, 0.6) is 0 Å². The van der Waals surface area contributed by atoms with E-state index in [1.807, 2.05) is 0 Å². The molecule has 0 saturated heterocycles. The summed E-state index contributed by atoms with van der Waals surface area (Å²) in [5.41, 5.74) is 20.4. The summed E-state index contributed by atoms with van der Waals surface area (Å²) in [6.45, 7) is 19.8. The van der Waals surface area contributed by atoms with Gasteiger partial charge in [-0.15, -0.1) is 0 Å². The van der Waals surface area contributed by atoms with E-state index >= 15 is 0 Å². The lowest BCUT2D eigenvalue weighted by Crippen LogP contribution is -2.73. The zero-order valence-corrected chi connectivity index (χ0v) is 35.7. The highest BCUT2D eigenvalue weighted by Gasteiger charge is 2.84. The van der Waals surface area contributed by atoms with Crippen LogP contribution < -0.4 is 4.90 Å². The van der Waals surface area contributed by atoms with Crippen molar-refractivity contribution >= 4 is 17.1 Å². The molecular weight excluding hydrogens is 687 g/mol. The Morgan fingerprint density at radius 1 is 0.474 bits per heavy atom. The van der Waals surface area contributed by atoms with Gasteiger partial charge in [0.1, 0.15) is 0 Å². The molecule has 2 bridgehead atoms. The van der Waals surface area contributed by atoms with Gasteiger partial charge >= 0.3 is 0 Å². The Hall–Kier alpha value is -4.10. The molecule has 0 amide bonds. The smallest absolute Gasteiger partial charge is 0.0543 e. The van der Waals surface area contributed by atoms with Crippen LogP contribution in [-0.4, -0.2) is 0 Å². The molecule has 6 unspecified atom stereocenters. The van der Waals surface area contributed by atoms with Crippen LogP contribution in [0.2, 0.25) is 0 Å². The zero-order chi connectivity index (χ0) is 39.1. The number of hydrogen-bond acceptors (Lipinski definition) is 1. The predicted octanol–water partition coefficient (Wildman–Crippen LogP) is 14.9. The normalized spacial score (nSPS) is 31.6. The van der Waals surface area contributed by atoms with Crippen LogP contribution in [0.1, 0.15) is 140 Å². The summed E-state index contributed by atoms with van der Waals surface area (Å²) in [7, 11) is 0. The summed E-state index contributed by atoms with van der Waals surface area (Å²) in [5, 5.41) is 0. The van der Waals surface area contributed by atoms with Crippen molar-refractivity contribution in [2.75, 3.05) is 4.90 Å². The first-order chi connectivity index (χ1) is 27.2. The first-order valence-electron chi connectivity index (χ1n) is 22.6. The van der Waals surface area contributed by atoms with Gasteiger partial charge in [-0.25, -0.2) is 0 Å². The Morgan fingerprint density at radius 3 is 1.68 bits per heavy atom. The first kappa shape index (κ1) is 34.9. The molecule has 0 aliphatic heterocycles. The fourth-order valence-electron chi connectivity index (χ4n) is 15.2. The summed E-state index contributed by atoms with van der Waals surface area (Å²) in [4.78, 5) is 2.71. The second-order valence-corrected chi connectivity index (χ2v) is 22.7. The number of rotatable bonds is 4. The van der Waals surface area contributed by atoms with E-state index in [0.717, 1.165) is 23.7 Å². The molecule has 0 N–H and O–H groups in total. The number of anilines is 3. The molecule has 4 fully saturated rings. The molecule has 1 nitrogen and oxygen atoms in total. The highest BCUT2D eigenvalue weighted by Crippen LogP contribution is 2.90. The lowest BCUT2D eigenvalue weighted by Gasteiger charge is -2.76. The molecule has 7 aliphatic carbocycles. The van der Waals surface area contributed by atoms with Crippen LogP contribution in [0.25, 0.3) is 22.3 Å². The summed E-state index contributed by atoms with van der Waals surface area (Å²) in [6, 6.07) is 41.5. The summed E-state index contributed by atoms with van der Waals surface area (Å²) < 4.78 is 0. The van der Waals surface area contributed by atoms with Crippen molar-refractivity contribution in [2.24, 2.45) is 29.1 Å². The van der Waals surface area contributed by atoms with Crippen molar-refractivity contribution in [3.8, 4) is 22.3 Å². The third-order valence-corrected chi connectivity index (χ3v) is 18.3. The van der Waals surface area contributed by atoms with E-state index in [4.69, 9.17) is 0 Å². The van der Waals surface area contributed by atoms with E-state index < -0.39 is 0 Å². The SMILES string of the molecule is CC1(C)CCC(C)(C)c2cc(N(c3ccc4c(c3)C(C)(C)CCC4(C)C)c3cccc4c3-c3ccc(-c5ccccc5)cc3C43C4CC5CC6CC3C64C5)ccc21. The van der Waals surface area contributed by atoms with Crippen molar-refractivity contribution in [3.05, 3.63) is 137 Å². The number of fused-ring (bicyclic) bond motifs is 10. The van der Waals surface area contributed by atoms with Crippen LogP contribution in [-0.2, 0) is 27.1 Å². The zero-order valence-electron chi connectivity index (χ0n) is 35.7. The molecule has 0 heterocycles. The standard InChI is InChI=1S/C56H61N/c1-51(2)23-25-53(5,6)45-31-38(18-21-41(45)51)57(39-19-22-42-46(32-39)54(7,8)26-24-52(42,3)4)47-16-12-15-43-50(47)40-20-17-36(35-13-10-9-11-14-35)29-44(40)56(43)48-28-34-27-37-30-49(56)55(37,48)33-34/h9-22,29,31-32,34,37,48-49H,23-28,30,33H2,1-8H3. The quantitative estimate of drug-likeness (QED) is 0.177. The molecule has 6 atom stereocenters. The van der Waals surface area contributed by atoms with E-state index in [2.05, 4.69) is 163 Å². The van der Waals surface area contributed by atoms with Crippen LogP contribution in [0.4, 0.5) is 17.1 Å². The Labute approximate surface area is 342 Å². The second-order valence-electron chi connectivity index (χ2n) is 22.7. The molecular formula is C56H61N. The van der Waals surface area contributed by atoms with E-state index in [-0.39, 0.29) is 27.1 Å². The number of benzene rings is 5. The monoisotopic (exact) mass is 747 g/mol. The van der Waals surface area contributed by atoms with Crippen molar-refractivity contribution in [1.82, 2.24) is 0 Å². The van der Waals surface area contributed by atoms with Gasteiger partial charge in [0.2, 0.25) is 0 Å². The average Bonchev–Trinajstić information content (AvgIpc) is 3.83.